The minimum absolute atomic E-state index is 0.0128. The molecule has 0 unspecified atom stereocenters. The standard InChI is InChI=1S/C19H18N4O4S3/c1-9-5-3-4-6-12(9)15(24)20-13-16(25)23-14(18(26)27)11(7-28-17(13)23)8-29-19-22-21-10(2)30-19/h3-6,13,17H,7-8H2,1-2H3,(H,20,24)(H,26,27)/t13-,17-/m0/s1. The highest BCUT2D eigenvalue weighted by Crippen LogP contribution is 2.41. The Labute approximate surface area is 185 Å². The Bertz CT molecular complexity index is 1070. The van der Waals surface area contributed by atoms with Gasteiger partial charge in [-0.25, -0.2) is 4.79 Å². The maximum Gasteiger partial charge on any atom is 0.352 e. The van der Waals surface area contributed by atoms with Crippen LogP contribution in [-0.4, -0.2) is 60.9 Å². The van der Waals surface area contributed by atoms with E-state index in [-0.39, 0.29) is 11.6 Å². The molecule has 2 amide bonds. The smallest absolute Gasteiger partial charge is 0.352 e. The summed E-state index contributed by atoms with van der Waals surface area (Å²) < 4.78 is 0.759. The van der Waals surface area contributed by atoms with Crippen LogP contribution in [0.2, 0.25) is 0 Å². The van der Waals surface area contributed by atoms with Crippen LogP contribution in [0.25, 0.3) is 0 Å². The van der Waals surface area contributed by atoms with Crippen LogP contribution >= 0.6 is 34.9 Å². The monoisotopic (exact) mass is 462 g/mol. The topological polar surface area (TPSA) is 112 Å². The molecule has 1 fully saturated rings. The molecule has 2 aliphatic heterocycles. The molecule has 2 aromatic rings. The number of nitrogens with zero attached hydrogens (tertiary/aromatic N) is 3. The van der Waals surface area contributed by atoms with Crippen molar-refractivity contribution < 1.29 is 19.5 Å². The van der Waals surface area contributed by atoms with Gasteiger partial charge in [0.25, 0.3) is 11.8 Å². The number of fused-ring (bicyclic) bond motifs is 1. The van der Waals surface area contributed by atoms with Crippen molar-refractivity contribution in [3.05, 3.63) is 51.7 Å². The molecule has 3 heterocycles. The third-order valence-corrected chi connectivity index (χ3v) is 8.20. The summed E-state index contributed by atoms with van der Waals surface area (Å²) in [6, 6.07) is 6.39. The highest BCUT2D eigenvalue weighted by Gasteiger charge is 2.54. The van der Waals surface area contributed by atoms with E-state index >= 15 is 0 Å². The zero-order valence-electron chi connectivity index (χ0n) is 16.1. The van der Waals surface area contributed by atoms with Gasteiger partial charge in [0.15, 0.2) is 4.34 Å². The summed E-state index contributed by atoms with van der Waals surface area (Å²) >= 11 is 4.31. The number of benzene rings is 1. The number of nitrogens with one attached hydrogen (secondary N) is 1. The Hall–Kier alpha value is -2.37. The Balaban J connectivity index is 1.49. The fourth-order valence-corrected chi connectivity index (χ4v) is 6.63. The second-order valence-electron chi connectivity index (χ2n) is 6.81. The number of hydrogen-bond acceptors (Lipinski definition) is 8. The van der Waals surface area contributed by atoms with E-state index in [4.69, 9.17) is 0 Å². The second kappa shape index (κ2) is 8.40. The molecule has 0 saturated carbocycles. The van der Waals surface area contributed by atoms with Crippen molar-refractivity contribution in [3.8, 4) is 0 Å². The summed E-state index contributed by atoms with van der Waals surface area (Å²) in [5.41, 5.74) is 1.99. The van der Waals surface area contributed by atoms with Crippen molar-refractivity contribution in [2.75, 3.05) is 11.5 Å². The number of aromatic nitrogens is 2. The number of aliphatic carboxylic acids is 1. The molecule has 30 heavy (non-hydrogen) atoms. The number of thioether (sulfide) groups is 2. The third kappa shape index (κ3) is 3.84. The number of carbonyl (C=O) groups excluding carboxylic acids is 2. The summed E-state index contributed by atoms with van der Waals surface area (Å²) in [5.74, 6) is -0.986. The van der Waals surface area contributed by atoms with Gasteiger partial charge in [0, 0.05) is 17.1 Å². The van der Waals surface area contributed by atoms with Gasteiger partial charge in [-0.1, -0.05) is 41.3 Å². The molecule has 8 nitrogen and oxygen atoms in total. The first kappa shape index (κ1) is 20.9. The Kier molecular flexibility index (Phi) is 5.85. The van der Waals surface area contributed by atoms with E-state index in [1.807, 2.05) is 26.0 Å². The molecule has 156 valence electrons. The van der Waals surface area contributed by atoms with Crippen LogP contribution in [0.15, 0.2) is 39.9 Å². The molecule has 2 N–H and O–H groups in total. The summed E-state index contributed by atoms with van der Waals surface area (Å²) in [6.45, 7) is 3.68. The number of carbonyl (C=O) groups is 3. The lowest BCUT2D eigenvalue weighted by Gasteiger charge is -2.49. The van der Waals surface area contributed by atoms with E-state index in [0.29, 0.717) is 22.6 Å². The van der Waals surface area contributed by atoms with E-state index in [1.54, 1.807) is 12.1 Å². The average molecular weight is 463 g/mol. The van der Waals surface area contributed by atoms with Gasteiger partial charge in [-0.05, 0) is 31.1 Å². The molecule has 0 spiro atoms. The summed E-state index contributed by atoms with van der Waals surface area (Å²) in [4.78, 5) is 38.6. The van der Waals surface area contributed by atoms with Gasteiger partial charge >= 0.3 is 5.97 Å². The van der Waals surface area contributed by atoms with Crippen LogP contribution < -0.4 is 5.32 Å². The molecule has 2 aliphatic rings. The van der Waals surface area contributed by atoms with Gasteiger partial charge < -0.3 is 10.4 Å². The molecule has 0 aliphatic carbocycles. The quantitative estimate of drug-likeness (QED) is 0.497. The molecule has 11 heteroatoms. The summed E-state index contributed by atoms with van der Waals surface area (Å²) in [7, 11) is 0. The predicted molar refractivity (Wildman–Crippen MR) is 116 cm³/mol. The normalized spacial score (nSPS) is 20.6. The van der Waals surface area contributed by atoms with Gasteiger partial charge in [-0.15, -0.1) is 22.0 Å². The highest BCUT2D eigenvalue weighted by atomic mass is 32.2. The second-order valence-corrected chi connectivity index (χ2v) is 10.3. The van der Waals surface area contributed by atoms with Crippen LogP contribution in [0.4, 0.5) is 0 Å². The molecule has 1 aromatic carbocycles. The van der Waals surface area contributed by atoms with Crippen molar-refractivity contribution in [1.29, 1.82) is 0 Å². The first-order chi connectivity index (χ1) is 14.4. The van der Waals surface area contributed by atoms with E-state index < -0.39 is 23.3 Å². The van der Waals surface area contributed by atoms with Crippen LogP contribution in [0.3, 0.4) is 0 Å². The number of carboxylic acids is 1. The van der Waals surface area contributed by atoms with E-state index in [2.05, 4.69) is 15.5 Å². The molecule has 0 radical (unpaired) electrons. The molecule has 1 aromatic heterocycles. The first-order valence-corrected chi connectivity index (χ1v) is 11.9. The van der Waals surface area contributed by atoms with E-state index in [9.17, 15) is 19.5 Å². The number of amides is 2. The fraction of sp³-hybridized carbons (Fsp3) is 0.316. The Morgan fingerprint density at radius 2 is 2.07 bits per heavy atom. The lowest BCUT2D eigenvalue weighted by atomic mass is 10.0. The Morgan fingerprint density at radius 1 is 1.30 bits per heavy atom. The van der Waals surface area contributed by atoms with Crippen LogP contribution in [0.1, 0.15) is 20.9 Å². The van der Waals surface area contributed by atoms with Crippen LogP contribution in [0.5, 0.6) is 0 Å². The van der Waals surface area contributed by atoms with Gasteiger partial charge in [-0.3, -0.25) is 14.5 Å². The fourth-order valence-electron chi connectivity index (χ4n) is 3.33. The summed E-state index contributed by atoms with van der Waals surface area (Å²) in [5, 5.41) is 20.9. The van der Waals surface area contributed by atoms with Crippen molar-refractivity contribution in [2.45, 2.75) is 29.6 Å². The number of hydrogen-bond donors (Lipinski definition) is 2. The molecular formula is C19H18N4O4S3. The van der Waals surface area contributed by atoms with Crippen molar-refractivity contribution >= 4 is 52.6 Å². The predicted octanol–water partition coefficient (Wildman–Crippen LogP) is 2.30. The van der Waals surface area contributed by atoms with Crippen molar-refractivity contribution in [3.63, 3.8) is 0 Å². The SMILES string of the molecule is Cc1nnc(SCC2=C(C(=O)O)N3C(=O)[C@H](NC(=O)c4ccccc4C)[C@@H]3SC2)s1. The maximum atomic E-state index is 12.8. The lowest BCUT2D eigenvalue weighted by molar-refractivity contribution is -0.148. The number of β-lactam (4-membered cyclic amide) rings is 1. The largest absolute Gasteiger partial charge is 0.477 e. The zero-order valence-corrected chi connectivity index (χ0v) is 18.6. The van der Waals surface area contributed by atoms with E-state index in [1.165, 1.54) is 39.8 Å². The van der Waals surface area contributed by atoms with Crippen molar-refractivity contribution in [1.82, 2.24) is 20.4 Å². The molecule has 1 saturated heterocycles. The average Bonchev–Trinajstić information content (AvgIpc) is 3.14. The maximum absolute atomic E-state index is 12.8. The van der Waals surface area contributed by atoms with Crippen molar-refractivity contribution in [2.24, 2.45) is 0 Å². The van der Waals surface area contributed by atoms with Crippen LogP contribution in [-0.2, 0) is 9.59 Å². The van der Waals surface area contributed by atoms with Gasteiger partial charge in [0.2, 0.25) is 0 Å². The number of rotatable bonds is 6. The Morgan fingerprint density at radius 3 is 2.73 bits per heavy atom. The molecule has 0 bridgehead atoms. The minimum atomic E-state index is -1.14. The van der Waals surface area contributed by atoms with Gasteiger partial charge in [0.05, 0.1) is 0 Å². The minimum Gasteiger partial charge on any atom is -0.477 e. The molecule has 4 rings (SSSR count). The van der Waals surface area contributed by atoms with Gasteiger partial charge in [-0.2, -0.15) is 0 Å². The third-order valence-electron chi connectivity index (χ3n) is 4.80. The lowest BCUT2D eigenvalue weighted by Crippen LogP contribution is -2.70. The van der Waals surface area contributed by atoms with E-state index in [0.717, 1.165) is 14.9 Å². The molecular weight excluding hydrogens is 444 g/mol. The first-order valence-electron chi connectivity index (χ1n) is 9.06. The van der Waals surface area contributed by atoms with Gasteiger partial charge in [0.1, 0.15) is 22.1 Å². The summed E-state index contributed by atoms with van der Waals surface area (Å²) in [6.07, 6.45) is 0. The highest BCUT2D eigenvalue weighted by molar-refractivity contribution is 8.01. The number of aryl methyl sites for hydroxylation is 2. The van der Waals surface area contributed by atoms with Crippen LogP contribution in [0, 0.1) is 13.8 Å². The zero-order chi connectivity index (χ0) is 21.4. The number of carboxylic acid groups (broad SMARTS) is 1. The molecule has 2 atom stereocenters.